The standard InChI is InChI=1S/C9H21N3O2S/c1-6(9(10)12-14)4-11-7(2)8(5-13)15-3/h6-8,11,13-14H,4-5H2,1-3H3,(H2,10,12). The van der Waals surface area contributed by atoms with Gasteiger partial charge in [0.05, 0.1) is 6.61 Å². The predicted octanol–water partition coefficient (Wildman–Crippen LogP) is 0.0709. The summed E-state index contributed by atoms with van der Waals surface area (Å²) < 4.78 is 0. The van der Waals surface area contributed by atoms with Crippen LogP contribution in [-0.4, -0.2) is 46.8 Å². The van der Waals surface area contributed by atoms with Gasteiger partial charge in [0.15, 0.2) is 0 Å². The van der Waals surface area contributed by atoms with Crippen molar-refractivity contribution in [3.63, 3.8) is 0 Å². The molecule has 0 aromatic heterocycles. The van der Waals surface area contributed by atoms with Gasteiger partial charge in [-0.05, 0) is 13.2 Å². The summed E-state index contributed by atoms with van der Waals surface area (Å²) in [5, 5.41) is 23.9. The molecule has 5 N–H and O–H groups in total. The quantitative estimate of drug-likeness (QED) is 0.217. The van der Waals surface area contributed by atoms with Crippen LogP contribution in [0, 0.1) is 5.92 Å². The smallest absolute Gasteiger partial charge is 0.143 e. The fourth-order valence-electron chi connectivity index (χ4n) is 1.13. The Balaban J connectivity index is 3.94. The number of aliphatic hydroxyl groups is 1. The van der Waals surface area contributed by atoms with Gasteiger partial charge in [-0.3, -0.25) is 0 Å². The summed E-state index contributed by atoms with van der Waals surface area (Å²) >= 11 is 1.62. The molecule has 0 saturated heterocycles. The minimum atomic E-state index is -0.0151. The molecule has 0 aliphatic carbocycles. The first kappa shape index (κ1) is 14.5. The zero-order valence-electron chi connectivity index (χ0n) is 9.47. The number of amidine groups is 1. The summed E-state index contributed by atoms with van der Waals surface area (Å²) in [6, 6.07) is 0.193. The first-order valence-electron chi connectivity index (χ1n) is 4.91. The molecule has 0 saturated carbocycles. The van der Waals surface area contributed by atoms with E-state index in [1.54, 1.807) is 11.8 Å². The zero-order chi connectivity index (χ0) is 11.8. The Morgan fingerprint density at radius 2 is 2.13 bits per heavy atom. The van der Waals surface area contributed by atoms with Gasteiger partial charge in [-0.1, -0.05) is 12.1 Å². The maximum atomic E-state index is 9.07. The van der Waals surface area contributed by atoms with Crippen molar-refractivity contribution >= 4 is 17.6 Å². The summed E-state index contributed by atoms with van der Waals surface area (Å²) in [7, 11) is 0. The average molecular weight is 235 g/mol. The second-order valence-electron chi connectivity index (χ2n) is 3.58. The third-order valence-corrected chi connectivity index (χ3v) is 3.57. The van der Waals surface area contributed by atoms with Crippen molar-refractivity contribution in [3.8, 4) is 0 Å². The number of oxime groups is 1. The summed E-state index contributed by atoms with van der Waals surface area (Å²) in [5.41, 5.74) is 5.45. The lowest BCUT2D eigenvalue weighted by Gasteiger charge is -2.22. The van der Waals surface area contributed by atoms with Gasteiger partial charge < -0.3 is 21.4 Å². The number of hydrogen-bond acceptors (Lipinski definition) is 5. The van der Waals surface area contributed by atoms with E-state index < -0.39 is 0 Å². The molecule has 0 amide bonds. The summed E-state index contributed by atoms with van der Waals surface area (Å²) in [6.45, 7) is 4.67. The van der Waals surface area contributed by atoms with Crippen LogP contribution >= 0.6 is 11.8 Å². The minimum absolute atomic E-state index is 0.0151. The van der Waals surface area contributed by atoms with Gasteiger partial charge >= 0.3 is 0 Å². The number of thioether (sulfide) groups is 1. The molecule has 0 heterocycles. The molecule has 0 bridgehead atoms. The van der Waals surface area contributed by atoms with Gasteiger partial charge in [0.1, 0.15) is 5.84 Å². The fourth-order valence-corrected chi connectivity index (χ4v) is 1.79. The lowest BCUT2D eigenvalue weighted by molar-refractivity contribution is 0.274. The number of rotatable bonds is 7. The molecule has 0 spiro atoms. The van der Waals surface area contributed by atoms with Crippen molar-refractivity contribution in [1.29, 1.82) is 0 Å². The number of nitrogens with one attached hydrogen (secondary N) is 1. The predicted molar refractivity (Wildman–Crippen MR) is 64.4 cm³/mol. The van der Waals surface area contributed by atoms with E-state index in [1.807, 2.05) is 20.1 Å². The van der Waals surface area contributed by atoms with Crippen LogP contribution in [0.1, 0.15) is 13.8 Å². The highest BCUT2D eigenvalue weighted by Crippen LogP contribution is 2.10. The van der Waals surface area contributed by atoms with Crippen molar-refractivity contribution in [1.82, 2.24) is 5.32 Å². The van der Waals surface area contributed by atoms with Gasteiger partial charge in [-0.2, -0.15) is 11.8 Å². The van der Waals surface area contributed by atoms with E-state index in [-0.39, 0.29) is 29.7 Å². The van der Waals surface area contributed by atoms with Crippen LogP contribution in [0.15, 0.2) is 5.16 Å². The molecule has 15 heavy (non-hydrogen) atoms. The van der Waals surface area contributed by atoms with Gasteiger partial charge in [0.25, 0.3) is 0 Å². The highest BCUT2D eigenvalue weighted by atomic mass is 32.2. The van der Waals surface area contributed by atoms with E-state index in [2.05, 4.69) is 10.5 Å². The Kier molecular flexibility index (Phi) is 7.54. The summed E-state index contributed by atoms with van der Waals surface area (Å²) in [4.78, 5) is 0. The second kappa shape index (κ2) is 7.78. The van der Waals surface area contributed by atoms with Gasteiger partial charge in [-0.25, -0.2) is 0 Å². The average Bonchev–Trinajstić information content (AvgIpc) is 2.26. The number of nitrogens with zero attached hydrogens (tertiary/aromatic N) is 1. The van der Waals surface area contributed by atoms with Crippen LogP contribution in [0.2, 0.25) is 0 Å². The number of nitrogens with two attached hydrogens (primary N) is 1. The molecule has 0 fully saturated rings. The number of aliphatic hydroxyl groups excluding tert-OH is 1. The lowest BCUT2D eigenvalue weighted by atomic mass is 10.1. The van der Waals surface area contributed by atoms with Crippen molar-refractivity contribution < 1.29 is 10.3 Å². The van der Waals surface area contributed by atoms with Crippen LogP contribution < -0.4 is 11.1 Å². The zero-order valence-corrected chi connectivity index (χ0v) is 10.3. The van der Waals surface area contributed by atoms with E-state index >= 15 is 0 Å². The van der Waals surface area contributed by atoms with Crippen molar-refractivity contribution in [3.05, 3.63) is 0 Å². The topological polar surface area (TPSA) is 90.9 Å². The van der Waals surface area contributed by atoms with Crippen LogP contribution in [-0.2, 0) is 0 Å². The van der Waals surface area contributed by atoms with E-state index in [0.29, 0.717) is 6.54 Å². The largest absolute Gasteiger partial charge is 0.409 e. The molecule has 0 radical (unpaired) electrons. The number of hydrogen-bond donors (Lipinski definition) is 4. The molecule has 0 aromatic rings. The van der Waals surface area contributed by atoms with Crippen LogP contribution in [0.25, 0.3) is 0 Å². The first-order valence-corrected chi connectivity index (χ1v) is 6.20. The van der Waals surface area contributed by atoms with Crippen LogP contribution in [0.5, 0.6) is 0 Å². The molecular formula is C9H21N3O2S. The fraction of sp³-hybridized carbons (Fsp3) is 0.889. The van der Waals surface area contributed by atoms with E-state index in [4.69, 9.17) is 16.0 Å². The van der Waals surface area contributed by atoms with E-state index in [1.165, 1.54) is 0 Å². The Morgan fingerprint density at radius 3 is 2.53 bits per heavy atom. The van der Waals surface area contributed by atoms with Crippen molar-refractivity contribution in [2.75, 3.05) is 19.4 Å². The maximum absolute atomic E-state index is 9.07. The van der Waals surface area contributed by atoms with E-state index in [9.17, 15) is 0 Å². The molecule has 5 nitrogen and oxygen atoms in total. The van der Waals surface area contributed by atoms with E-state index in [0.717, 1.165) is 0 Å². The lowest BCUT2D eigenvalue weighted by Crippen LogP contribution is -2.42. The molecule has 90 valence electrons. The molecule has 0 aliphatic rings. The Morgan fingerprint density at radius 1 is 1.53 bits per heavy atom. The van der Waals surface area contributed by atoms with Crippen LogP contribution in [0.3, 0.4) is 0 Å². The normalized spacial score (nSPS) is 18.5. The minimum Gasteiger partial charge on any atom is -0.409 e. The molecule has 0 aliphatic heterocycles. The SMILES string of the molecule is CSC(CO)C(C)NCC(C)C(N)=NO. The molecule has 0 aromatic carbocycles. The summed E-state index contributed by atoms with van der Waals surface area (Å²) in [5.74, 6) is 0.207. The van der Waals surface area contributed by atoms with Crippen molar-refractivity contribution in [2.24, 2.45) is 16.8 Å². The third-order valence-electron chi connectivity index (χ3n) is 2.41. The van der Waals surface area contributed by atoms with Gasteiger partial charge in [0.2, 0.25) is 0 Å². The highest BCUT2D eigenvalue weighted by molar-refractivity contribution is 7.99. The molecule has 6 heteroatoms. The monoisotopic (exact) mass is 235 g/mol. The first-order chi connectivity index (χ1) is 7.06. The van der Waals surface area contributed by atoms with Gasteiger partial charge in [0, 0.05) is 23.8 Å². The van der Waals surface area contributed by atoms with Gasteiger partial charge in [-0.15, -0.1) is 0 Å². The molecular weight excluding hydrogens is 214 g/mol. The Labute approximate surface area is 95.1 Å². The highest BCUT2D eigenvalue weighted by Gasteiger charge is 2.16. The van der Waals surface area contributed by atoms with Crippen LogP contribution in [0.4, 0.5) is 0 Å². The Bertz CT molecular complexity index is 198. The third kappa shape index (κ3) is 5.25. The second-order valence-corrected chi connectivity index (χ2v) is 4.66. The molecule has 0 rings (SSSR count). The molecule has 3 atom stereocenters. The van der Waals surface area contributed by atoms with Crippen molar-refractivity contribution in [2.45, 2.75) is 25.1 Å². The maximum Gasteiger partial charge on any atom is 0.143 e. The summed E-state index contributed by atoms with van der Waals surface area (Å²) in [6.07, 6.45) is 1.96. The molecule has 3 unspecified atom stereocenters. The Hall–Kier alpha value is -0.460.